The highest BCUT2D eigenvalue weighted by Gasteiger charge is 2.42. The van der Waals surface area contributed by atoms with Crippen molar-refractivity contribution in [1.29, 1.82) is 0 Å². The van der Waals surface area contributed by atoms with Crippen LogP contribution >= 0.6 is 30.6 Å². The van der Waals surface area contributed by atoms with E-state index in [2.05, 4.69) is 37.5 Å². The third kappa shape index (κ3) is 2.79. The molecule has 1 saturated heterocycles. The van der Waals surface area contributed by atoms with Gasteiger partial charge in [0.25, 0.3) is 0 Å². The van der Waals surface area contributed by atoms with E-state index < -0.39 is 5.31 Å². The van der Waals surface area contributed by atoms with Gasteiger partial charge in [0.2, 0.25) is 0 Å². The van der Waals surface area contributed by atoms with E-state index in [1.807, 2.05) is 0 Å². The molecule has 0 nitrogen and oxygen atoms in total. The van der Waals surface area contributed by atoms with E-state index in [0.29, 0.717) is 0 Å². The summed E-state index contributed by atoms with van der Waals surface area (Å²) in [5.41, 5.74) is 3.11. The first-order valence-corrected chi connectivity index (χ1v) is 12.9. The van der Waals surface area contributed by atoms with Crippen molar-refractivity contribution in [1.82, 2.24) is 0 Å². The molecule has 0 saturated carbocycles. The Kier molecular flexibility index (Phi) is 3.67. The van der Waals surface area contributed by atoms with Crippen molar-refractivity contribution >= 4 is 44.7 Å². The Morgan fingerprint density at radius 3 is 2.40 bits per heavy atom. The monoisotopic (exact) mass is 299 g/mol. The summed E-state index contributed by atoms with van der Waals surface area (Å²) in [6.07, 6.45) is 2.85. The predicted octanol–water partition coefficient (Wildman–Crippen LogP) is 3.61. The second kappa shape index (κ2) is 3.87. The summed E-state index contributed by atoms with van der Waals surface area (Å²) >= 11 is 7.56. The molecule has 1 aliphatic heterocycles. The molecule has 0 amide bonds. The van der Waals surface area contributed by atoms with Crippen LogP contribution in [0.5, 0.6) is 0 Å². The van der Waals surface area contributed by atoms with Crippen molar-refractivity contribution < 1.29 is 0 Å². The summed E-state index contributed by atoms with van der Waals surface area (Å²) in [4.78, 5) is 0. The van der Waals surface area contributed by atoms with Crippen molar-refractivity contribution in [3.05, 3.63) is 0 Å². The molecule has 0 aromatic heterocycles. The molecule has 0 spiro atoms. The van der Waals surface area contributed by atoms with Crippen molar-refractivity contribution in [2.24, 2.45) is 0 Å². The highest BCUT2D eigenvalue weighted by molar-refractivity contribution is 9.51. The van der Waals surface area contributed by atoms with Gasteiger partial charge in [-0.25, -0.2) is 0 Å². The minimum absolute atomic E-state index is 0.150. The van der Waals surface area contributed by atoms with Crippen LogP contribution in [-0.2, 0) is 0 Å². The maximum atomic E-state index is 3.78. The molecule has 1 radical (unpaired) electrons. The lowest BCUT2D eigenvalue weighted by molar-refractivity contribution is 0.871. The molecule has 0 aromatic carbocycles. The van der Waals surface area contributed by atoms with Gasteiger partial charge in [-0.15, -0.1) is 30.6 Å². The average molecular weight is 301 g/mol. The smallest absolute Gasteiger partial charge is 0.112 e. The second-order valence-corrected chi connectivity index (χ2v) is 21.9. The highest BCUT2D eigenvalue weighted by Crippen LogP contribution is 2.43. The van der Waals surface area contributed by atoms with Crippen LogP contribution in [-0.4, -0.2) is 14.1 Å². The Hall–Kier alpha value is 1.39. The fourth-order valence-electron chi connectivity index (χ4n) is 1.28. The number of halogens is 2. The summed E-state index contributed by atoms with van der Waals surface area (Å²) < 4.78 is 0. The second-order valence-electron chi connectivity index (χ2n) is 3.06. The number of unbranched alkanes of at least 4 members (excludes halogenated alkanes) is 1. The van der Waals surface area contributed by atoms with Gasteiger partial charge in [0.05, 0.1) is 0 Å². The van der Waals surface area contributed by atoms with E-state index in [4.69, 9.17) is 0 Å². The Morgan fingerprint density at radius 2 is 2.00 bits per heavy atom. The van der Waals surface area contributed by atoms with Crippen LogP contribution in [0.15, 0.2) is 0 Å². The van der Waals surface area contributed by atoms with E-state index in [1.54, 1.807) is 17.4 Å². The zero-order valence-corrected chi connectivity index (χ0v) is 11.5. The third-order valence-electron chi connectivity index (χ3n) is 1.90. The standard InChI is InChI=1S/C6H13Br2Si2/c1-2-3-4-9-5-10(7,8)6-9/h2-6H2,1H3. The lowest BCUT2D eigenvalue weighted by Gasteiger charge is -2.35. The van der Waals surface area contributed by atoms with E-state index in [0.717, 1.165) is 0 Å². The topological polar surface area (TPSA) is 0 Å². The molecule has 0 unspecified atom stereocenters. The normalized spacial score (nSPS) is 24.3. The SMILES string of the molecule is CCCC[Si]1C[Si](Br)(Br)C1. The number of hydrogen-bond donors (Lipinski definition) is 0. The zero-order valence-electron chi connectivity index (χ0n) is 6.29. The molecule has 4 heteroatoms. The van der Waals surface area contributed by atoms with Gasteiger partial charge in [0.15, 0.2) is 5.31 Å². The van der Waals surface area contributed by atoms with Gasteiger partial charge in [-0.1, -0.05) is 25.8 Å². The van der Waals surface area contributed by atoms with Crippen LogP contribution in [0, 0.1) is 0 Å². The Balaban J connectivity index is 2.03. The molecule has 1 rings (SSSR count). The Bertz CT molecular complexity index is 108. The van der Waals surface area contributed by atoms with Crippen LogP contribution < -0.4 is 0 Å². The van der Waals surface area contributed by atoms with Crippen molar-refractivity contribution in [2.45, 2.75) is 37.1 Å². The van der Waals surface area contributed by atoms with Crippen LogP contribution in [0.4, 0.5) is 0 Å². The van der Waals surface area contributed by atoms with E-state index >= 15 is 0 Å². The van der Waals surface area contributed by atoms with Crippen LogP contribution in [0.1, 0.15) is 19.8 Å². The molecule has 0 bridgehead atoms. The lowest BCUT2D eigenvalue weighted by Crippen LogP contribution is -2.43. The maximum absolute atomic E-state index is 3.78. The molecule has 59 valence electrons. The molecule has 0 aromatic rings. The van der Waals surface area contributed by atoms with Crippen LogP contribution in [0.25, 0.3) is 0 Å². The van der Waals surface area contributed by atoms with Crippen LogP contribution in [0.2, 0.25) is 17.4 Å². The first kappa shape index (κ1) is 9.48. The molecule has 0 N–H and O–H groups in total. The summed E-state index contributed by atoms with van der Waals surface area (Å²) in [6, 6.07) is 1.56. The van der Waals surface area contributed by atoms with Gasteiger partial charge >= 0.3 is 0 Å². The summed E-state index contributed by atoms with van der Waals surface area (Å²) in [6.45, 7) is 2.29. The Labute approximate surface area is 81.6 Å². The molecule has 10 heavy (non-hydrogen) atoms. The van der Waals surface area contributed by atoms with E-state index in [-0.39, 0.29) is 8.80 Å². The fraction of sp³-hybridized carbons (Fsp3) is 1.00. The molecule has 1 fully saturated rings. The summed E-state index contributed by atoms with van der Waals surface area (Å²) in [5.74, 6) is 0. The fourth-order valence-corrected chi connectivity index (χ4v) is 23.3. The summed E-state index contributed by atoms with van der Waals surface area (Å²) in [5, 5.41) is -0.893. The number of hydrogen-bond acceptors (Lipinski definition) is 0. The lowest BCUT2D eigenvalue weighted by atomic mass is 10.4. The van der Waals surface area contributed by atoms with Crippen molar-refractivity contribution in [3.63, 3.8) is 0 Å². The third-order valence-corrected chi connectivity index (χ3v) is 21.2. The van der Waals surface area contributed by atoms with Gasteiger partial charge in [-0.05, 0) is 11.3 Å². The minimum Gasteiger partial charge on any atom is -0.112 e. The predicted molar refractivity (Wildman–Crippen MR) is 58.7 cm³/mol. The quantitative estimate of drug-likeness (QED) is 0.552. The average Bonchev–Trinajstić information content (AvgIpc) is 1.78. The first-order chi connectivity index (χ1) is 4.64. The summed E-state index contributed by atoms with van der Waals surface area (Å²) in [7, 11) is 0.150. The van der Waals surface area contributed by atoms with Gasteiger partial charge < -0.3 is 0 Å². The molecular weight excluding hydrogens is 288 g/mol. The van der Waals surface area contributed by atoms with E-state index in [1.165, 1.54) is 12.8 Å². The molecule has 0 atom stereocenters. The largest absolute Gasteiger partial charge is 0.195 e. The molecule has 1 aliphatic rings. The van der Waals surface area contributed by atoms with Crippen molar-refractivity contribution in [2.75, 3.05) is 0 Å². The molecule has 1 heterocycles. The van der Waals surface area contributed by atoms with Gasteiger partial charge in [-0.2, -0.15) is 0 Å². The van der Waals surface area contributed by atoms with Crippen molar-refractivity contribution in [3.8, 4) is 0 Å². The highest BCUT2D eigenvalue weighted by atomic mass is 79.9. The molecule has 0 aliphatic carbocycles. The minimum atomic E-state index is -0.893. The van der Waals surface area contributed by atoms with Gasteiger partial charge in [0.1, 0.15) is 0 Å². The first-order valence-electron chi connectivity index (χ1n) is 3.85. The zero-order chi connectivity index (χ0) is 7.61. The molecular formula is C6H13Br2Si2. The van der Waals surface area contributed by atoms with Crippen LogP contribution in [0.3, 0.4) is 0 Å². The Morgan fingerprint density at radius 1 is 1.40 bits per heavy atom. The maximum Gasteiger partial charge on any atom is 0.195 e. The van der Waals surface area contributed by atoms with Gasteiger partial charge in [-0.3, -0.25) is 0 Å². The van der Waals surface area contributed by atoms with Gasteiger partial charge in [0, 0.05) is 8.80 Å². The number of rotatable bonds is 3. The van der Waals surface area contributed by atoms with E-state index in [9.17, 15) is 0 Å².